The standard InChI is InChI=1S/C22H21F3N4O3.C2H6/c1-12(26)18(19(30)27-16-8-10-17(11-9-16)31-13(2)23)21-29-28-20(32-21)14-4-6-15(7-5-14)22(3,24)25;1-2/h4-11,13,18,26H,1-3H3,(H,27,30);1-2H3. The molecule has 182 valence electrons. The van der Waals surface area contributed by atoms with Crippen molar-refractivity contribution >= 4 is 17.3 Å². The number of hydrogen-bond donors (Lipinski definition) is 2. The Morgan fingerprint density at radius 3 is 2.18 bits per heavy atom. The number of carbonyl (C=O) groups is 1. The number of ether oxygens (including phenoxy) is 1. The molecule has 0 saturated heterocycles. The van der Waals surface area contributed by atoms with Crippen molar-refractivity contribution < 1.29 is 27.1 Å². The number of benzene rings is 2. The minimum absolute atomic E-state index is 0.0341. The molecule has 3 aromatic rings. The predicted octanol–water partition coefficient (Wildman–Crippen LogP) is 6.33. The molecule has 0 aliphatic carbocycles. The molecule has 10 heteroatoms. The molecule has 0 spiro atoms. The van der Waals surface area contributed by atoms with Gasteiger partial charge in [0.1, 0.15) is 5.75 Å². The average Bonchev–Trinajstić information content (AvgIpc) is 3.25. The number of nitrogens with one attached hydrogen (secondary N) is 2. The van der Waals surface area contributed by atoms with E-state index in [0.717, 1.165) is 6.92 Å². The number of nitrogens with zero attached hydrogens (tertiary/aromatic N) is 2. The van der Waals surface area contributed by atoms with Gasteiger partial charge in [-0.1, -0.05) is 26.0 Å². The monoisotopic (exact) mass is 476 g/mol. The van der Waals surface area contributed by atoms with Crippen molar-refractivity contribution in [1.82, 2.24) is 10.2 Å². The topological polar surface area (TPSA) is 101 Å². The lowest BCUT2D eigenvalue weighted by molar-refractivity contribution is -0.116. The number of anilines is 1. The number of aromatic nitrogens is 2. The molecule has 2 atom stereocenters. The van der Waals surface area contributed by atoms with Crippen LogP contribution in [0.15, 0.2) is 52.9 Å². The van der Waals surface area contributed by atoms with E-state index in [2.05, 4.69) is 15.5 Å². The van der Waals surface area contributed by atoms with E-state index >= 15 is 0 Å². The van der Waals surface area contributed by atoms with Gasteiger partial charge in [-0.2, -0.15) is 0 Å². The highest BCUT2D eigenvalue weighted by molar-refractivity contribution is 6.11. The van der Waals surface area contributed by atoms with Crippen LogP contribution in [0.4, 0.5) is 18.9 Å². The summed E-state index contributed by atoms with van der Waals surface area (Å²) in [6.07, 6.45) is -1.47. The Balaban J connectivity index is 0.00000199. The van der Waals surface area contributed by atoms with Crippen molar-refractivity contribution in [1.29, 1.82) is 5.41 Å². The van der Waals surface area contributed by atoms with Crippen molar-refractivity contribution in [3.8, 4) is 17.2 Å². The van der Waals surface area contributed by atoms with Crippen LogP contribution in [0, 0.1) is 5.41 Å². The molecule has 2 unspecified atom stereocenters. The second kappa shape index (κ2) is 11.4. The molecule has 1 amide bonds. The van der Waals surface area contributed by atoms with Gasteiger partial charge in [-0.3, -0.25) is 4.79 Å². The van der Waals surface area contributed by atoms with Gasteiger partial charge in [-0.05, 0) is 43.3 Å². The van der Waals surface area contributed by atoms with Crippen LogP contribution < -0.4 is 10.1 Å². The number of carbonyl (C=O) groups excluding carboxylic acids is 1. The third-order valence-corrected chi connectivity index (χ3v) is 4.44. The van der Waals surface area contributed by atoms with Gasteiger partial charge in [0.05, 0.1) is 0 Å². The molecule has 0 radical (unpaired) electrons. The predicted molar refractivity (Wildman–Crippen MR) is 123 cm³/mol. The van der Waals surface area contributed by atoms with Gasteiger partial charge in [-0.25, -0.2) is 13.2 Å². The molecule has 1 aromatic heterocycles. The number of rotatable bonds is 8. The molecule has 2 aromatic carbocycles. The fourth-order valence-electron chi connectivity index (χ4n) is 2.89. The Morgan fingerprint density at radius 1 is 1.09 bits per heavy atom. The summed E-state index contributed by atoms with van der Waals surface area (Å²) >= 11 is 0. The van der Waals surface area contributed by atoms with Crippen LogP contribution in [0.3, 0.4) is 0 Å². The maximum absolute atomic E-state index is 13.4. The molecule has 34 heavy (non-hydrogen) atoms. The molecule has 7 nitrogen and oxygen atoms in total. The van der Waals surface area contributed by atoms with E-state index < -0.39 is 24.1 Å². The first-order valence-corrected chi connectivity index (χ1v) is 10.6. The third kappa shape index (κ3) is 6.90. The highest BCUT2D eigenvalue weighted by atomic mass is 19.3. The summed E-state index contributed by atoms with van der Waals surface area (Å²) < 4.78 is 50.2. The zero-order chi connectivity index (χ0) is 25.5. The first kappa shape index (κ1) is 26.6. The molecule has 0 fully saturated rings. The molecule has 0 aliphatic rings. The van der Waals surface area contributed by atoms with Crippen molar-refractivity contribution in [3.05, 3.63) is 60.0 Å². The SMILES string of the molecule is CC.CC(=N)C(C(=O)Nc1ccc(OC(C)F)cc1)c1nnc(-c2ccc(C(C)(F)F)cc2)o1. The van der Waals surface area contributed by atoms with Crippen LogP contribution in [0.2, 0.25) is 0 Å². The molecular weight excluding hydrogens is 449 g/mol. The first-order valence-electron chi connectivity index (χ1n) is 10.6. The van der Waals surface area contributed by atoms with Crippen molar-refractivity contribution in [3.63, 3.8) is 0 Å². The minimum Gasteiger partial charge on any atom is -0.461 e. The van der Waals surface area contributed by atoms with Crippen LogP contribution in [0.5, 0.6) is 5.75 Å². The highest BCUT2D eigenvalue weighted by Crippen LogP contribution is 2.30. The van der Waals surface area contributed by atoms with E-state index in [4.69, 9.17) is 14.6 Å². The quantitative estimate of drug-likeness (QED) is 0.370. The van der Waals surface area contributed by atoms with E-state index in [9.17, 15) is 18.0 Å². The summed E-state index contributed by atoms with van der Waals surface area (Å²) in [4.78, 5) is 12.8. The number of alkyl halides is 3. The van der Waals surface area contributed by atoms with Gasteiger partial charge in [0.25, 0.3) is 5.92 Å². The smallest absolute Gasteiger partial charge is 0.270 e. The average molecular weight is 476 g/mol. The fourth-order valence-corrected chi connectivity index (χ4v) is 2.89. The normalized spacial score (nSPS) is 12.7. The van der Waals surface area contributed by atoms with Gasteiger partial charge in [0.15, 0.2) is 5.92 Å². The maximum Gasteiger partial charge on any atom is 0.270 e. The summed E-state index contributed by atoms with van der Waals surface area (Å²) in [7, 11) is 0. The van der Waals surface area contributed by atoms with E-state index in [0.29, 0.717) is 17.0 Å². The number of halogens is 3. The lowest BCUT2D eigenvalue weighted by Crippen LogP contribution is -2.26. The summed E-state index contributed by atoms with van der Waals surface area (Å²) in [5.41, 5.74) is 0.600. The molecule has 1 heterocycles. The molecule has 3 rings (SSSR count). The van der Waals surface area contributed by atoms with Crippen molar-refractivity contribution in [2.45, 2.75) is 52.8 Å². The highest BCUT2D eigenvalue weighted by Gasteiger charge is 2.29. The van der Waals surface area contributed by atoms with Crippen LogP contribution in [-0.2, 0) is 10.7 Å². The van der Waals surface area contributed by atoms with Crippen LogP contribution in [0.25, 0.3) is 11.5 Å². The van der Waals surface area contributed by atoms with Gasteiger partial charge in [0, 0.05) is 36.4 Å². The summed E-state index contributed by atoms with van der Waals surface area (Å²) in [5, 5.41) is 18.4. The molecule has 0 bridgehead atoms. The fraction of sp³-hybridized carbons (Fsp3) is 0.333. The van der Waals surface area contributed by atoms with E-state index in [-0.39, 0.29) is 23.1 Å². The zero-order valence-electron chi connectivity index (χ0n) is 19.5. The van der Waals surface area contributed by atoms with Gasteiger partial charge in [0.2, 0.25) is 24.0 Å². The Labute approximate surface area is 195 Å². The second-order valence-electron chi connectivity index (χ2n) is 7.20. The molecule has 0 saturated carbocycles. The molecule has 0 aliphatic heterocycles. The van der Waals surface area contributed by atoms with E-state index in [1.165, 1.54) is 62.4 Å². The largest absolute Gasteiger partial charge is 0.461 e. The lowest BCUT2D eigenvalue weighted by atomic mass is 10.0. The van der Waals surface area contributed by atoms with Gasteiger partial charge >= 0.3 is 0 Å². The van der Waals surface area contributed by atoms with Crippen molar-refractivity contribution in [2.24, 2.45) is 0 Å². The summed E-state index contributed by atoms with van der Waals surface area (Å²) in [5.74, 6) is -4.49. The van der Waals surface area contributed by atoms with Gasteiger partial charge in [-0.15, -0.1) is 10.2 Å². The van der Waals surface area contributed by atoms with E-state index in [1.54, 1.807) is 0 Å². The van der Waals surface area contributed by atoms with Gasteiger partial charge < -0.3 is 19.9 Å². The summed E-state index contributed by atoms with van der Waals surface area (Å²) in [6, 6.07) is 11.4. The lowest BCUT2D eigenvalue weighted by Gasteiger charge is -2.13. The Kier molecular flexibility index (Phi) is 8.94. The molecule has 2 N–H and O–H groups in total. The zero-order valence-corrected chi connectivity index (χ0v) is 19.5. The molecular formula is C24H27F3N4O3. The van der Waals surface area contributed by atoms with E-state index in [1.807, 2.05) is 13.8 Å². The third-order valence-electron chi connectivity index (χ3n) is 4.44. The second-order valence-corrected chi connectivity index (χ2v) is 7.20. The Bertz CT molecular complexity index is 1090. The Morgan fingerprint density at radius 2 is 1.68 bits per heavy atom. The van der Waals surface area contributed by atoms with Crippen LogP contribution in [0.1, 0.15) is 52.0 Å². The minimum atomic E-state index is -2.98. The van der Waals surface area contributed by atoms with Crippen LogP contribution >= 0.6 is 0 Å². The maximum atomic E-state index is 13.4. The van der Waals surface area contributed by atoms with Crippen molar-refractivity contribution in [2.75, 3.05) is 5.32 Å². The summed E-state index contributed by atoms with van der Waals surface area (Å²) in [6.45, 7) is 7.47. The van der Waals surface area contributed by atoms with Crippen LogP contribution in [-0.4, -0.2) is 28.2 Å². The number of hydrogen-bond acceptors (Lipinski definition) is 6. The Hall–Kier alpha value is -3.69. The first-order chi connectivity index (χ1) is 16.0. The number of amides is 1.